The van der Waals surface area contributed by atoms with Gasteiger partial charge in [0.2, 0.25) is 6.04 Å². The zero-order valence-corrected chi connectivity index (χ0v) is 6.72. The van der Waals surface area contributed by atoms with Crippen LogP contribution in [-0.2, 0) is 9.53 Å². The molecule has 0 aromatic carbocycles. The lowest BCUT2D eigenvalue weighted by molar-refractivity contribution is -0.413. The fraction of sp³-hybridized carbons (Fsp3) is 0.750. The zero-order valence-electron chi connectivity index (χ0n) is 5.13. The highest BCUT2D eigenvalue weighted by atomic mass is 79.9. The zero-order chi connectivity index (χ0) is 6.57. The van der Waals surface area contributed by atoms with Gasteiger partial charge in [0, 0.05) is 0 Å². The number of methoxy groups -OCH3 is 1. The average molecular weight is 200 g/mol. The van der Waals surface area contributed by atoms with Crippen LogP contribution in [-0.4, -0.2) is 30.8 Å². The summed E-state index contributed by atoms with van der Waals surface area (Å²) in [6, 6.07) is -0.639. The second kappa shape index (κ2) is 6.00. The molecular weight excluding hydrogens is 190 g/mol. The minimum absolute atomic E-state index is 0. The first-order valence-corrected chi connectivity index (χ1v) is 2.24. The highest BCUT2D eigenvalue weighted by Crippen LogP contribution is 1.75. The van der Waals surface area contributed by atoms with Gasteiger partial charge in [0.15, 0.2) is 0 Å². The van der Waals surface area contributed by atoms with Gasteiger partial charge in [-0.1, -0.05) is 0 Å². The molecule has 1 atom stereocenters. The number of halogens is 1. The van der Waals surface area contributed by atoms with E-state index in [1.54, 1.807) is 0 Å². The van der Waals surface area contributed by atoms with Crippen molar-refractivity contribution >= 4 is 5.97 Å². The Morgan fingerprint density at radius 3 is 2.44 bits per heavy atom. The Labute approximate surface area is 63.8 Å². The number of carbonyl (C=O) groups is 1. The van der Waals surface area contributed by atoms with Gasteiger partial charge in [0.1, 0.15) is 6.61 Å². The van der Waals surface area contributed by atoms with E-state index in [-0.39, 0.29) is 23.6 Å². The molecule has 0 rings (SSSR count). The van der Waals surface area contributed by atoms with Crippen LogP contribution in [0.1, 0.15) is 0 Å². The molecule has 0 unspecified atom stereocenters. The van der Waals surface area contributed by atoms with Crippen molar-refractivity contribution in [3.05, 3.63) is 0 Å². The van der Waals surface area contributed by atoms with Crippen molar-refractivity contribution in [3.8, 4) is 0 Å². The Hall–Kier alpha value is -0.130. The number of hydrogen-bond acceptors (Lipinski definition) is 3. The summed E-state index contributed by atoms with van der Waals surface area (Å²) in [6.45, 7) is -0.257. The average Bonchev–Trinajstić information content (AvgIpc) is 1.84. The van der Waals surface area contributed by atoms with Crippen LogP contribution in [0.5, 0.6) is 0 Å². The normalized spacial score (nSPS) is 11.4. The number of quaternary nitrogens is 1. The molecule has 9 heavy (non-hydrogen) atoms. The number of carbonyl (C=O) groups excluding carboxylic acids is 1. The summed E-state index contributed by atoms with van der Waals surface area (Å²) in [5.74, 6) is -0.479. The van der Waals surface area contributed by atoms with Crippen molar-refractivity contribution in [2.24, 2.45) is 0 Å². The fourth-order valence-corrected chi connectivity index (χ4v) is 0.241. The first-order chi connectivity index (χ1) is 3.72. The Morgan fingerprint density at radius 1 is 1.89 bits per heavy atom. The van der Waals surface area contributed by atoms with Crippen molar-refractivity contribution in [2.75, 3.05) is 13.7 Å². The molecule has 0 spiro atoms. The molecule has 0 radical (unpaired) electrons. The molecule has 5 heteroatoms. The Bertz CT molecular complexity index is 87.9. The molecule has 0 aliphatic carbocycles. The SMILES string of the molecule is COC(=O)[C@@H]([NH3+])CO.[Br-]. The molecule has 56 valence electrons. The van der Waals surface area contributed by atoms with Crippen molar-refractivity contribution in [1.29, 1.82) is 0 Å². The third kappa shape index (κ3) is 4.38. The van der Waals surface area contributed by atoms with Gasteiger partial charge in [-0.15, -0.1) is 0 Å². The van der Waals surface area contributed by atoms with Gasteiger partial charge in [-0.3, -0.25) is 0 Å². The number of aliphatic hydroxyl groups is 1. The Kier molecular flexibility index (Phi) is 7.76. The van der Waals surface area contributed by atoms with E-state index >= 15 is 0 Å². The van der Waals surface area contributed by atoms with E-state index in [4.69, 9.17) is 5.11 Å². The standard InChI is InChI=1S/C4H9NO3.BrH/c1-8-4(7)3(5)2-6;/h3,6H,2,5H2,1H3;1H/t3-;/m0./s1. The molecule has 0 aromatic rings. The van der Waals surface area contributed by atoms with Gasteiger partial charge in [-0.2, -0.15) is 0 Å². The number of hydrogen-bond donors (Lipinski definition) is 2. The van der Waals surface area contributed by atoms with Gasteiger partial charge < -0.3 is 32.6 Å². The molecule has 4 nitrogen and oxygen atoms in total. The van der Waals surface area contributed by atoms with E-state index in [9.17, 15) is 4.79 Å². The number of ether oxygens (including phenoxy) is 1. The summed E-state index contributed by atoms with van der Waals surface area (Å²) in [7, 11) is 1.26. The molecule has 0 fully saturated rings. The Balaban J connectivity index is 0. The lowest BCUT2D eigenvalue weighted by atomic mass is 10.3. The van der Waals surface area contributed by atoms with Crippen LogP contribution in [0.25, 0.3) is 0 Å². The predicted octanol–water partition coefficient (Wildman–Crippen LogP) is -5.23. The number of rotatable bonds is 2. The van der Waals surface area contributed by atoms with E-state index in [1.807, 2.05) is 0 Å². The maximum Gasteiger partial charge on any atom is 0.366 e. The minimum Gasteiger partial charge on any atom is -1.00 e. The molecule has 0 heterocycles. The summed E-state index contributed by atoms with van der Waals surface area (Å²) < 4.78 is 4.24. The molecule has 0 saturated carbocycles. The second-order valence-corrected chi connectivity index (χ2v) is 1.40. The van der Waals surface area contributed by atoms with Crippen LogP contribution in [0, 0.1) is 0 Å². The summed E-state index contributed by atoms with van der Waals surface area (Å²) >= 11 is 0. The van der Waals surface area contributed by atoms with Crippen LogP contribution in [0.3, 0.4) is 0 Å². The lowest BCUT2D eigenvalue weighted by Gasteiger charge is -1.99. The predicted molar refractivity (Wildman–Crippen MR) is 25.8 cm³/mol. The molecule has 0 saturated heterocycles. The van der Waals surface area contributed by atoms with Gasteiger partial charge in [0.25, 0.3) is 0 Å². The first kappa shape index (κ1) is 11.6. The van der Waals surface area contributed by atoms with Gasteiger partial charge in [0.05, 0.1) is 7.11 Å². The van der Waals surface area contributed by atoms with Crippen molar-refractivity contribution in [3.63, 3.8) is 0 Å². The first-order valence-electron chi connectivity index (χ1n) is 2.24. The highest BCUT2D eigenvalue weighted by molar-refractivity contribution is 5.73. The smallest absolute Gasteiger partial charge is 0.366 e. The monoisotopic (exact) mass is 199 g/mol. The minimum atomic E-state index is -0.639. The number of aliphatic hydroxyl groups excluding tert-OH is 1. The van der Waals surface area contributed by atoms with Crippen molar-refractivity contribution in [2.45, 2.75) is 6.04 Å². The summed E-state index contributed by atoms with van der Waals surface area (Å²) in [4.78, 5) is 10.3. The van der Waals surface area contributed by atoms with E-state index in [2.05, 4.69) is 10.5 Å². The molecule has 0 aromatic heterocycles. The van der Waals surface area contributed by atoms with Gasteiger partial charge >= 0.3 is 5.97 Å². The quantitative estimate of drug-likeness (QED) is 0.437. The third-order valence-electron chi connectivity index (χ3n) is 0.755. The van der Waals surface area contributed by atoms with E-state index < -0.39 is 12.0 Å². The summed E-state index contributed by atoms with van der Waals surface area (Å²) in [5.41, 5.74) is 3.30. The van der Waals surface area contributed by atoms with Crippen molar-refractivity contribution in [1.82, 2.24) is 0 Å². The Morgan fingerprint density at radius 2 is 2.33 bits per heavy atom. The van der Waals surface area contributed by atoms with Crippen LogP contribution >= 0.6 is 0 Å². The molecular formula is C4H10BrNO3. The van der Waals surface area contributed by atoms with E-state index in [1.165, 1.54) is 7.11 Å². The summed E-state index contributed by atoms with van der Waals surface area (Å²) in [6.07, 6.45) is 0. The molecule has 0 bridgehead atoms. The van der Waals surface area contributed by atoms with Crippen LogP contribution in [0.2, 0.25) is 0 Å². The summed E-state index contributed by atoms with van der Waals surface area (Å²) in [5, 5.41) is 8.27. The fourth-order valence-electron chi connectivity index (χ4n) is 0.241. The molecule has 4 N–H and O–H groups in total. The van der Waals surface area contributed by atoms with Crippen LogP contribution < -0.4 is 22.7 Å². The number of esters is 1. The lowest BCUT2D eigenvalue weighted by Crippen LogP contribution is -3.00. The van der Waals surface area contributed by atoms with Crippen LogP contribution in [0.15, 0.2) is 0 Å². The highest BCUT2D eigenvalue weighted by Gasteiger charge is 2.14. The van der Waals surface area contributed by atoms with Crippen LogP contribution in [0.4, 0.5) is 0 Å². The molecule has 0 aliphatic heterocycles. The third-order valence-corrected chi connectivity index (χ3v) is 0.755. The second-order valence-electron chi connectivity index (χ2n) is 1.40. The molecule has 0 aliphatic rings. The van der Waals surface area contributed by atoms with E-state index in [0.717, 1.165) is 0 Å². The van der Waals surface area contributed by atoms with Crippen molar-refractivity contribution < 1.29 is 37.4 Å². The maximum atomic E-state index is 10.3. The molecule has 0 amide bonds. The van der Waals surface area contributed by atoms with Gasteiger partial charge in [-0.25, -0.2) is 4.79 Å². The van der Waals surface area contributed by atoms with E-state index in [0.29, 0.717) is 0 Å². The van der Waals surface area contributed by atoms with Gasteiger partial charge in [-0.05, 0) is 0 Å². The largest absolute Gasteiger partial charge is 1.00 e. The maximum absolute atomic E-state index is 10.3. The topological polar surface area (TPSA) is 74.2 Å².